The Hall–Kier alpha value is -5.64. The van der Waals surface area contributed by atoms with E-state index in [0.29, 0.717) is 17.4 Å². The van der Waals surface area contributed by atoms with Gasteiger partial charge in [-0.2, -0.15) is 12.1 Å². The Balaban J connectivity index is 0.00000441. The summed E-state index contributed by atoms with van der Waals surface area (Å²) < 4.78 is 8.79. The van der Waals surface area contributed by atoms with Gasteiger partial charge in [-0.1, -0.05) is 74.0 Å². The third-order valence-electron chi connectivity index (χ3n) is 11.5. The Morgan fingerprint density at radius 1 is 0.625 bits per heavy atom. The monoisotopic (exact) mass is 910 g/mol. The number of hydrogen-bond acceptors (Lipinski definition) is 4. The van der Waals surface area contributed by atoms with Gasteiger partial charge in [-0.05, 0) is 121 Å². The summed E-state index contributed by atoms with van der Waals surface area (Å²) in [7, 11) is 0. The van der Waals surface area contributed by atoms with Gasteiger partial charge in [0.25, 0.3) is 0 Å². The van der Waals surface area contributed by atoms with Gasteiger partial charge >= 0.3 is 0 Å². The van der Waals surface area contributed by atoms with Crippen molar-refractivity contribution in [1.29, 1.82) is 0 Å². The fourth-order valence-corrected chi connectivity index (χ4v) is 8.22. The maximum atomic E-state index is 6.59. The second kappa shape index (κ2) is 14.8. The van der Waals surface area contributed by atoms with Crippen molar-refractivity contribution in [2.24, 2.45) is 0 Å². The number of aromatic nitrogens is 2. The van der Waals surface area contributed by atoms with E-state index >= 15 is 0 Å². The quantitative estimate of drug-likeness (QED) is 0.149. The number of hydrogen-bond donors (Lipinski definition) is 0. The first kappa shape index (κ1) is 37.3. The predicted octanol–water partition coefficient (Wildman–Crippen LogP) is 13.3. The molecule has 0 amide bonds. The van der Waals surface area contributed by atoms with Crippen LogP contribution >= 0.6 is 0 Å². The van der Waals surface area contributed by atoms with Crippen LogP contribution in [-0.4, -0.2) is 9.55 Å². The minimum atomic E-state index is 0. The van der Waals surface area contributed by atoms with Crippen molar-refractivity contribution in [2.75, 3.05) is 9.80 Å². The standard InChI is InChI=1S/C50H43N4O.Pt/c1-31(2)41-17-8-9-18-42(41)37-25-26-51-49(27-37)54-45-20-11-10-19-43(45)44-24-23-40(29-48(44)54)55-39-16-14-15-38(28-39)52-30-53(47-22-13-12-21-46(47)52)50-35(6)33(4)32(3)34(5)36(50)7;/h8-27,30-31H,1-7H3;/q-3;. The van der Waals surface area contributed by atoms with E-state index in [-0.39, 0.29) is 21.1 Å². The van der Waals surface area contributed by atoms with Crippen LogP contribution < -0.4 is 14.5 Å². The number of para-hydroxylation sites is 3. The van der Waals surface area contributed by atoms with Crippen LogP contribution in [-0.2, 0) is 21.1 Å². The molecule has 0 aliphatic carbocycles. The number of benzene rings is 6. The van der Waals surface area contributed by atoms with Gasteiger partial charge in [0, 0.05) is 61.3 Å². The fourth-order valence-electron chi connectivity index (χ4n) is 8.22. The maximum absolute atomic E-state index is 6.59. The van der Waals surface area contributed by atoms with Crippen molar-refractivity contribution in [2.45, 2.75) is 54.4 Å². The van der Waals surface area contributed by atoms with Crippen LogP contribution in [0.15, 0.2) is 121 Å². The minimum Gasteiger partial charge on any atom is -0.509 e. The first-order valence-electron chi connectivity index (χ1n) is 19.0. The Bertz CT molecular complexity index is 2750. The predicted molar refractivity (Wildman–Crippen MR) is 227 cm³/mol. The first-order chi connectivity index (χ1) is 26.7. The van der Waals surface area contributed by atoms with E-state index < -0.39 is 0 Å². The van der Waals surface area contributed by atoms with Gasteiger partial charge in [0.2, 0.25) is 0 Å². The number of rotatable bonds is 7. The molecule has 0 unspecified atom stereocenters. The van der Waals surface area contributed by atoms with Crippen molar-refractivity contribution in [1.82, 2.24) is 9.55 Å². The van der Waals surface area contributed by atoms with Crippen molar-refractivity contribution < 1.29 is 25.8 Å². The van der Waals surface area contributed by atoms with Gasteiger partial charge < -0.3 is 19.1 Å². The molecule has 0 bridgehead atoms. The largest absolute Gasteiger partial charge is 0.509 e. The van der Waals surface area contributed by atoms with Crippen molar-refractivity contribution in [3.05, 3.63) is 174 Å². The molecule has 282 valence electrons. The van der Waals surface area contributed by atoms with Gasteiger partial charge in [-0.25, -0.2) is 4.98 Å². The number of nitrogens with zero attached hydrogens (tertiary/aromatic N) is 4. The van der Waals surface area contributed by atoms with E-state index in [4.69, 9.17) is 9.72 Å². The van der Waals surface area contributed by atoms with Crippen molar-refractivity contribution >= 4 is 44.6 Å². The zero-order valence-corrected chi connectivity index (χ0v) is 35.0. The van der Waals surface area contributed by atoms with E-state index in [1.165, 1.54) is 44.6 Å². The summed E-state index contributed by atoms with van der Waals surface area (Å²) in [6.07, 6.45) is 1.90. The third-order valence-corrected chi connectivity index (χ3v) is 11.5. The van der Waals surface area contributed by atoms with Gasteiger partial charge in [0.05, 0.1) is 0 Å². The van der Waals surface area contributed by atoms with E-state index in [1.807, 2.05) is 24.4 Å². The molecule has 1 aliphatic heterocycles. The van der Waals surface area contributed by atoms with E-state index in [2.05, 4.69) is 179 Å². The molecule has 0 fully saturated rings. The van der Waals surface area contributed by atoms with Gasteiger partial charge in [-0.3, -0.25) is 0 Å². The molecule has 0 spiro atoms. The first-order valence-corrected chi connectivity index (χ1v) is 19.0. The molecular weight excluding hydrogens is 868 g/mol. The summed E-state index contributed by atoms with van der Waals surface area (Å²) in [5.41, 5.74) is 16.6. The molecule has 6 heteroatoms. The van der Waals surface area contributed by atoms with Crippen LogP contribution in [0.1, 0.15) is 53.1 Å². The van der Waals surface area contributed by atoms with Gasteiger partial charge in [-0.15, -0.1) is 48.1 Å². The number of pyridine rings is 1. The summed E-state index contributed by atoms with van der Waals surface area (Å²) in [4.78, 5) is 9.43. The SMILES string of the molecule is Cc1c(C)c(C)c(N2[CH-]N(c3[c-]c(Oc4[c-]c5c(cc4)c4ccccc4n5-c4cc(-c5ccccc5C(C)C)ccn4)ccc3)c3ccccc32)c(C)c1C.[Pt]. The summed E-state index contributed by atoms with van der Waals surface area (Å²) >= 11 is 0. The van der Waals surface area contributed by atoms with Crippen LogP contribution in [0.2, 0.25) is 0 Å². The molecule has 3 heterocycles. The van der Waals surface area contributed by atoms with Crippen LogP contribution in [0.4, 0.5) is 22.7 Å². The molecule has 0 N–H and O–H groups in total. The van der Waals surface area contributed by atoms with Crippen LogP contribution in [0.3, 0.4) is 0 Å². The Labute approximate surface area is 344 Å². The summed E-state index contributed by atoms with van der Waals surface area (Å²) in [5.74, 6) is 2.45. The van der Waals surface area contributed by atoms with Crippen LogP contribution in [0.5, 0.6) is 11.5 Å². The molecule has 2 aromatic heterocycles. The smallest absolute Gasteiger partial charge is 0.136 e. The van der Waals surface area contributed by atoms with E-state index in [1.54, 1.807) is 0 Å². The second-order valence-corrected chi connectivity index (χ2v) is 14.9. The summed E-state index contributed by atoms with van der Waals surface area (Å²) in [5, 5.41) is 2.23. The topological polar surface area (TPSA) is 33.5 Å². The molecule has 8 aromatic rings. The summed E-state index contributed by atoms with van der Waals surface area (Å²) in [6, 6.07) is 47.3. The average molecular weight is 911 g/mol. The minimum absolute atomic E-state index is 0. The molecule has 0 atom stereocenters. The van der Waals surface area contributed by atoms with Crippen LogP contribution in [0, 0.1) is 53.4 Å². The Kier molecular flexibility index (Phi) is 9.85. The van der Waals surface area contributed by atoms with Crippen LogP contribution in [0.25, 0.3) is 38.8 Å². The normalized spacial score (nSPS) is 12.4. The number of ether oxygens (including phenoxy) is 1. The number of anilines is 4. The zero-order chi connectivity index (χ0) is 38.0. The zero-order valence-electron chi connectivity index (χ0n) is 32.7. The average Bonchev–Trinajstić information content (AvgIpc) is 3.75. The molecule has 9 rings (SSSR count). The second-order valence-electron chi connectivity index (χ2n) is 14.9. The molecule has 6 aromatic carbocycles. The van der Waals surface area contributed by atoms with Gasteiger partial charge in [0.15, 0.2) is 0 Å². The van der Waals surface area contributed by atoms with Gasteiger partial charge in [0.1, 0.15) is 5.82 Å². The molecule has 0 saturated heterocycles. The van der Waals surface area contributed by atoms with Crippen molar-refractivity contribution in [3.63, 3.8) is 0 Å². The third kappa shape index (κ3) is 6.19. The maximum Gasteiger partial charge on any atom is 0.136 e. The molecule has 1 aliphatic rings. The number of fused-ring (bicyclic) bond motifs is 4. The van der Waals surface area contributed by atoms with E-state index in [9.17, 15) is 0 Å². The molecule has 0 saturated carbocycles. The van der Waals surface area contributed by atoms with E-state index in [0.717, 1.165) is 50.2 Å². The molecule has 5 nitrogen and oxygen atoms in total. The van der Waals surface area contributed by atoms with Crippen molar-refractivity contribution in [3.8, 4) is 28.4 Å². The fraction of sp³-hybridized carbons (Fsp3) is 0.160. The molecule has 56 heavy (non-hydrogen) atoms. The molecule has 0 radical (unpaired) electrons. The molecular formula is C50H43N4OPt-3. The Morgan fingerprint density at radius 2 is 1.29 bits per heavy atom. The summed E-state index contributed by atoms with van der Waals surface area (Å²) in [6.45, 7) is 17.8. The Morgan fingerprint density at radius 3 is 2.05 bits per heavy atom.